The van der Waals surface area contributed by atoms with E-state index in [-0.39, 0.29) is 0 Å². The lowest BCUT2D eigenvalue weighted by Gasteiger charge is -2.26. The molecule has 0 saturated carbocycles. The Morgan fingerprint density at radius 1 is 0.271 bits per heavy atom. The second-order valence-corrected chi connectivity index (χ2v) is 15.3. The number of para-hydroxylation sites is 1. The standard InChI is InChI=1S/C56H35NO2/c1-2-10-38(11-3-1)48-18-9-19-50-52-34-41(25-33-53(52)58-55(48)50)36-20-26-42(27-21-36)57(43-28-22-40(23-29-43)46-17-8-14-37-12-4-6-15-45(37)46)44-30-32-49-51-31-24-39-13-5-7-16-47(39)56(51)59-54(49)35-44/h1-35H. The molecule has 0 radical (unpaired) electrons. The van der Waals surface area contributed by atoms with Gasteiger partial charge in [0.1, 0.15) is 22.3 Å². The zero-order valence-electron chi connectivity index (χ0n) is 32.0. The fourth-order valence-electron chi connectivity index (χ4n) is 8.97. The lowest BCUT2D eigenvalue weighted by Crippen LogP contribution is -2.09. The van der Waals surface area contributed by atoms with Crippen LogP contribution in [0.25, 0.3) is 98.8 Å². The van der Waals surface area contributed by atoms with Crippen LogP contribution in [0.2, 0.25) is 0 Å². The van der Waals surface area contributed by atoms with Gasteiger partial charge in [-0.05, 0) is 98.6 Å². The summed E-state index contributed by atoms with van der Waals surface area (Å²) < 4.78 is 13.2. The maximum Gasteiger partial charge on any atom is 0.143 e. The average Bonchev–Trinajstić information content (AvgIpc) is 3.88. The van der Waals surface area contributed by atoms with E-state index in [0.717, 1.165) is 88.6 Å². The number of hydrogen-bond acceptors (Lipinski definition) is 3. The highest BCUT2D eigenvalue weighted by Crippen LogP contribution is 2.42. The molecule has 0 N–H and O–H groups in total. The first-order valence-electron chi connectivity index (χ1n) is 20.1. The number of benzene rings is 10. The summed E-state index contributed by atoms with van der Waals surface area (Å²) >= 11 is 0. The molecule has 0 amide bonds. The molecule has 0 atom stereocenters. The molecule has 0 unspecified atom stereocenters. The zero-order chi connectivity index (χ0) is 38.9. The Kier molecular flexibility index (Phi) is 7.54. The van der Waals surface area contributed by atoms with Gasteiger partial charge >= 0.3 is 0 Å². The number of hydrogen-bond donors (Lipinski definition) is 0. The molecule has 12 aromatic rings. The van der Waals surface area contributed by atoms with Gasteiger partial charge in [-0.15, -0.1) is 0 Å². The Morgan fingerprint density at radius 2 is 0.831 bits per heavy atom. The Hall–Kier alpha value is -7.88. The number of anilines is 3. The number of furan rings is 2. The van der Waals surface area contributed by atoms with Crippen LogP contribution in [0.3, 0.4) is 0 Å². The minimum Gasteiger partial charge on any atom is -0.455 e. The third-order valence-corrected chi connectivity index (χ3v) is 11.9. The van der Waals surface area contributed by atoms with Crippen LogP contribution in [0.4, 0.5) is 17.1 Å². The molecule has 0 fully saturated rings. The summed E-state index contributed by atoms with van der Waals surface area (Å²) in [6, 6.07) is 75.6. The highest BCUT2D eigenvalue weighted by atomic mass is 16.3. The number of fused-ring (bicyclic) bond motifs is 9. The Morgan fingerprint density at radius 3 is 1.64 bits per heavy atom. The van der Waals surface area contributed by atoms with Gasteiger partial charge in [-0.1, -0.05) is 152 Å². The summed E-state index contributed by atoms with van der Waals surface area (Å²) in [5.74, 6) is 0. The number of nitrogens with zero attached hydrogens (tertiary/aromatic N) is 1. The predicted octanol–water partition coefficient (Wildman–Crippen LogP) is 16.3. The van der Waals surface area contributed by atoms with Crippen molar-refractivity contribution >= 4 is 82.5 Å². The van der Waals surface area contributed by atoms with Crippen molar-refractivity contribution in [1.82, 2.24) is 0 Å². The third-order valence-electron chi connectivity index (χ3n) is 11.9. The van der Waals surface area contributed by atoms with E-state index in [4.69, 9.17) is 8.83 Å². The van der Waals surface area contributed by atoms with Crippen molar-refractivity contribution in [3.8, 4) is 33.4 Å². The second kappa shape index (κ2) is 13.4. The summed E-state index contributed by atoms with van der Waals surface area (Å²) in [7, 11) is 0. The minimum absolute atomic E-state index is 0.860. The van der Waals surface area contributed by atoms with Crippen molar-refractivity contribution in [2.75, 3.05) is 4.90 Å². The summed E-state index contributed by atoms with van der Waals surface area (Å²) in [4.78, 5) is 2.32. The van der Waals surface area contributed by atoms with Crippen LogP contribution in [0.15, 0.2) is 221 Å². The van der Waals surface area contributed by atoms with Gasteiger partial charge in [-0.3, -0.25) is 0 Å². The molecular weight excluding hydrogens is 719 g/mol. The quantitative estimate of drug-likeness (QED) is 0.169. The van der Waals surface area contributed by atoms with Crippen molar-refractivity contribution in [3.05, 3.63) is 212 Å². The molecule has 0 aliphatic carbocycles. The maximum atomic E-state index is 6.68. The first-order valence-corrected chi connectivity index (χ1v) is 20.1. The fourth-order valence-corrected chi connectivity index (χ4v) is 8.97. The third kappa shape index (κ3) is 5.51. The van der Waals surface area contributed by atoms with Gasteiger partial charge < -0.3 is 13.7 Å². The van der Waals surface area contributed by atoms with Crippen molar-refractivity contribution in [2.24, 2.45) is 0 Å². The van der Waals surface area contributed by atoms with Crippen LogP contribution in [0, 0.1) is 0 Å². The minimum atomic E-state index is 0.860. The molecule has 0 spiro atoms. The van der Waals surface area contributed by atoms with Crippen molar-refractivity contribution < 1.29 is 8.83 Å². The zero-order valence-corrected chi connectivity index (χ0v) is 32.0. The van der Waals surface area contributed by atoms with Crippen molar-refractivity contribution in [1.29, 1.82) is 0 Å². The molecule has 2 heterocycles. The predicted molar refractivity (Wildman–Crippen MR) is 247 cm³/mol. The molecule has 12 rings (SSSR count). The fraction of sp³-hybridized carbons (Fsp3) is 0. The average molecular weight is 754 g/mol. The molecule has 0 aliphatic rings. The van der Waals surface area contributed by atoms with Crippen LogP contribution in [-0.2, 0) is 0 Å². The Labute approximate surface area is 340 Å². The maximum absolute atomic E-state index is 6.68. The largest absolute Gasteiger partial charge is 0.455 e. The molecule has 59 heavy (non-hydrogen) atoms. The molecule has 10 aromatic carbocycles. The first-order chi connectivity index (χ1) is 29.2. The van der Waals surface area contributed by atoms with Crippen molar-refractivity contribution in [2.45, 2.75) is 0 Å². The van der Waals surface area contributed by atoms with E-state index in [1.807, 2.05) is 6.07 Å². The molecule has 3 nitrogen and oxygen atoms in total. The Bertz CT molecular complexity index is 3540. The summed E-state index contributed by atoms with van der Waals surface area (Å²) in [6.07, 6.45) is 0. The number of rotatable bonds is 6. The van der Waals surface area contributed by atoms with Gasteiger partial charge in [-0.2, -0.15) is 0 Å². The Balaban J connectivity index is 0.961. The molecule has 0 bridgehead atoms. The summed E-state index contributed by atoms with van der Waals surface area (Å²) in [5.41, 5.74) is 13.6. The van der Waals surface area contributed by atoms with E-state index in [2.05, 4.69) is 211 Å². The summed E-state index contributed by atoms with van der Waals surface area (Å²) in [6.45, 7) is 0. The van der Waals surface area contributed by atoms with Gasteiger partial charge in [0.2, 0.25) is 0 Å². The van der Waals surface area contributed by atoms with E-state index < -0.39 is 0 Å². The van der Waals surface area contributed by atoms with Crippen LogP contribution in [-0.4, -0.2) is 0 Å². The van der Waals surface area contributed by atoms with E-state index >= 15 is 0 Å². The monoisotopic (exact) mass is 753 g/mol. The topological polar surface area (TPSA) is 29.5 Å². The molecular formula is C56H35NO2. The second-order valence-electron chi connectivity index (χ2n) is 15.3. The van der Waals surface area contributed by atoms with Crippen LogP contribution in [0.5, 0.6) is 0 Å². The van der Waals surface area contributed by atoms with E-state index in [1.54, 1.807) is 0 Å². The van der Waals surface area contributed by atoms with E-state index in [0.29, 0.717) is 0 Å². The van der Waals surface area contributed by atoms with Crippen LogP contribution in [0.1, 0.15) is 0 Å². The highest BCUT2D eigenvalue weighted by Gasteiger charge is 2.18. The SMILES string of the molecule is c1ccc(-c2cccc3c2oc2ccc(-c4ccc(N(c5ccc(-c6cccc7ccccc67)cc5)c5ccc6c(c5)oc5c7ccccc7ccc65)cc4)cc23)cc1. The van der Waals surface area contributed by atoms with Gasteiger partial charge in [-0.25, -0.2) is 0 Å². The van der Waals surface area contributed by atoms with Crippen molar-refractivity contribution in [3.63, 3.8) is 0 Å². The lowest BCUT2D eigenvalue weighted by molar-refractivity contribution is 0.670. The van der Waals surface area contributed by atoms with E-state index in [9.17, 15) is 0 Å². The van der Waals surface area contributed by atoms with Gasteiger partial charge in [0.15, 0.2) is 0 Å². The highest BCUT2D eigenvalue weighted by molar-refractivity contribution is 6.15. The van der Waals surface area contributed by atoms with Crippen LogP contribution >= 0.6 is 0 Å². The van der Waals surface area contributed by atoms with Crippen LogP contribution < -0.4 is 4.90 Å². The summed E-state index contributed by atoms with van der Waals surface area (Å²) in [5, 5.41) is 9.23. The molecule has 2 aromatic heterocycles. The van der Waals surface area contributed by atoms with E-state index in [1.165, 1.54) is 27.3 Å². The normalized spacial score (nSPS) is 11.7. The molecule has 0 saturated heterocycles. The first kappa shape index (κ1) is 33.3. The molecule has 0 aliphatic heterocycles. The smallest absolute Gasteiger partial charge is 0.143 e. The molecule has 3 heteroatoms. The van der Waals surface area contributed by atoms with Gasteiger partial charge in [0.05, 0.1) is 0 Å². The lowest BCUT2D eigenvalue weighted by atomic mass is 9.98. The molecule has 276 valence electrons. The van der Waals surface area contributed by atoms with Gasteiger partial charge in [0.25, 0.3) is 0 Å². The van der Waals surface area contributed by atoms with Gasteiger partial charge in [0, 0.05) is 55.6 Å².